The zero-order valence-electron chi connectivity index (χ0n) is 9.60. The molecule has 1 atom stereocenters. The van der Waals surface area contributed by atoms with Crippen LogP contribution in [0.1, 0.15) is 22.3 Å². The van der Waals surface area contributed by atoms with Crippen molar-refractivity contribution in [2.75, 3.05) is 19.6 Å². The first kappa shape index (κ1) is 11.6. The van der Waals surface area contributed by atoms with Crippen molar-refractivity contribution in [3.63, 3.8) is 0 Å². The number of nitrogens with zero attached hydrogens (tertiary/aromatic N) is 2. The third-order valence-corrected chi connectivity index (χ3v) is 3.15. The summed E-state index contributed by atoms with van der Waals surface area (Å²) >= 11 is 0. The molecular weight excluding hydrogens is 214 g/mol. The quantitative estimate of drug-likeness (QED) is 0.821. The lowest BCUT2D eigenvalue weighted by atomic mass is 10.1. The largest absolute Gasteiger partial charge is 0.338 e. The van der Waals surface area contributed by atoms with E-state index in [2.05, 4.69) is 0 Å². The minimum absolute atomic E-state index is 0.00181. The van der Waals surface area contributed by atoms with E-state index in [0.717, 1.165) is 19.5 Å². The van der Waals surface area contributed by atoms with Gasteiger partial charge in [-0.15, -0.1) is 0 Å². The Morgan fingerprint density at radius 3 is 3.06 bits per heavy atom. The van der Waals surface area contributed by atoms with Crippen LogP contribution < -0.4 is 5.73 Å². The van der Waals surface area contributed by atoms with Gasteiger partial charge < -0.3 is 10.6 Å². The molecule has 1 aromatic carbocycles. The highest BCUT2D eigenvalue weighted by Crippen LogP contribution is 2.18. The minimum Gasteiger partial charge on any atom is -0.338 e. The fourth-order valence-corrected chi connectivity index (χ4v) is 2.11. The van der Waals surface area contributed by atoms with E-state index < -0.39 is 0 Å². The summed E-state index contributed by atoms with van der Waals surface area (Å²) in [6.45, 7) is 2.12. The molecule has 0 spiro atoms. The minimum atomic E-state index is -0.00181. The van der Waals surface area contributed by atoms with Crippen LogP contribution in [0.25, 0.3) is 0 Å². The zero-order chi connectivity index (χ0) is 12.3. The Hall–Kier alpha value is -1.86. The van der Waals surface area contributed by atoms with E-state index in [0.29, 0.717) is 23.6 Å². The molecule has 1 aliphatic heterocycles. The molecule has 4 heteroatoms. The molecule has 1 saturated heterocycles. The van der Waals surface area contributed by atoms with Gasteiger partial charge in [0, 0.05) is 18.7 Å². The predicted molar refractivity (Wildman–Crippen MR) is 64.2 cm³/mol. The Labute approximate surface area is 101 Å². The van der Waals surface area contributed by atoms with Gasteiger partial charge in [-0.25, -0.2) is 0 Å². The molecule has 0 aromatic heterocycles. The molecule has 0 saturated carbocycles. The Balaban J connectivity index is 2.12. The second-order valence-corrected chi connectivity index (χ2v) is 4.33. The number of amides is 1. The highest BCUT2D eigenvalue weighted by Gasteiger charge is 2.25. The lowest BCUT2D eigenvalue weighted by molar-refractivity contribution is 0.0787. The Morgan fingerprint density at radius 2 is 2.41 bits per heavy atom. The Morgan fingerprint density at radius 1 is 1.59 bits per heavy atom. The molecule has 0 radical (unpaired) electrons. The first-order chi connectivity index (χ1) is 8.24. The van der Waals surface area contributed by atoms with Gasteiger partial charge in [0.1, 0.15) is 0 Å². The lowest BCUT2D eigenvalue weighted by Crippen LogP contribution is -2.29. The molecular formula is C13H15N3O. The van der Waals surface area contributed by atoms with E-state index in [1.54, 1.807) is 24.3 Å². The van der Waals surface area contributed by atoms with Crippen molar-refractivity contribution >= 4 is 5.91 Å². The van der Waals surface area contributed by atoms with Gasteiger partial charge in [-0.2, -0.15) is 5.26 Å². The average molecular weight is 229 g/mol. The summed E-state index contributed by atoms with van der Waals surface area (Å²) in [5.74, 6) is 0.413. The van der Waals surface area contributed by atoms with Gasteiger partial charge in [-0.3, -0.25) is 4.79 Å². The Kier molecular flexibility index (Phi) is 3.40. The average Bonchev–Trinajstić information content (AvgIpc) is 2.86. The van der Waals surface area contributed by atoms with E-state index in [1.165, 1.54) is 0 Å². The molecule has 1 aromatic rings. The van der Waals surface area contributed by atoms with Gasteiger partial charge in [0.2, 0.25) is 0 Å². The molecule has 1 amide bonds. The summed E-state index contributed by atoms with van der Waals surface area (Å²) in [5, 5.41) is 8.80. The third kappa shape index (κ3) is 2.45. The lowest BCUT2D eigenvalue weighted by Gasteiger charge is -2.16. The number of carbonyl (C=O) groups is 1. The first-order valence-corrected chi connectivity index (χ1v) is 5.74. The van der Waals surface area contributed by atoms with Crippen molar-refractivity contribution < 1.29 is 4.79 Å². The number of hydrogen-bond acceptors (Lipinski definition) is 3. The molecule has 88 valence electrons. The number of rotatable bonds is 2. The first-order valence-electron chi connectivity index (χ1n) is 5.74. The van der Waals surface area contributed by atoms with Gasteiger partial charge in [0.15, 0.2) is 0 Å². The molecule has 17 heavy (non-hydrogen) atoms. The van der Waals surface area contributed by atoms with Crippen LogP contribution in [0, 0.1) is 17.2 Å². The zero-order valence-corrected chi connectivity index (χ0v) is 9.60. The summed E-state index contributed by atoms with van der Waals surface area (Å²) in [6.07, 6.45) is 0.972. The Bertz CT molecular complexity index is 464. The molecule has 2 rings (SSSR count). The molecule has 1 fully saturated rings. The molecule has 4 nitrogen and oxygen atoms in total. The van der Waals surface area contributed by atoms with E-state index >= 15 is 0 Å². The number of carbonyl (C=O) groups excluding carboxylic acids is 1. The summed E-state index contributed by atoms with van der Waals surface area (Å²) < 4.78 is 0. The van der Waals surface area contributed by atoms with Gasteiger partial charge in [0.05, 0.1) is 11.6 Å². The second-order valence-electron chi connectivity index (χ2n) is 4.33. The molecule has 2 N–H and O–H groups in total. The van der Waals surface area contributed by atoms with Crippen molar-refractivity contribution in [2.45, 2.75) is 6.42 Å². The van der Waals surface area contributed by atoms with Crippen LogP contribution >= 0.6 is 0 Å². The maximum atomic E-state index is 12.2. The van der Waals surface area contributed by atoms with Crippen molar-refractivity contribution in [3.05, 3.63) is 35.4 Å². The highest BCUT2D eigenvalue weighted by atomic mass is 16.2. The summed E-state index contributed by atoms with van der Waals surface area (Å²) in [5.41, 5.74) is 6.70. The fraction of sp³-hybridized carbons (Fsp3) is 0.385. The van der Waals surface area contributed by atoms with E-state index in [1.807, 2.05) is 11.0 Å². The highest BCUT2D eigenvalue weighted by molar-refractivity contribution is 5.94. The smallest absolute Gasteiger partial charge is 0.253 e. The number of nitrogens with two attached hydrogens (primary N) is 1. The SMILES string of the molecule is N#Cc1cccc(C(=O)N2CCC(CN)C2)c1. The van der Waals surface area contributed by atoms with Gasteiger partial charge in [-0.05, 0) is 37.1 Å². The van der Waals surface area contributed by atoms with Crippen LogP contribution in [-0.2, 0) is 0 Å². The van der Waals surface area contributed by atoms with Crippen molar-refractivity contribution in [3.8, 4) is 6.07 Å². The standard InChI is InChI=1S/C13H15N3O/c14-7-10-2-1-3-12(6-10)13(17)16-5-4-11(8-15)9-16/h1-3,6,11H,4-5,8-9,15H2. The van der Waals surface area contributed by atoms with Crippen LogP contribution in [-0.4, -0.2) is 30.4 Å². The van der Waals surface area contributed by atoms with Crippen LogP contribution in [0.15, 0.2) is 24.3 Å². The van der Waals surface area contributed by atoms with E-state index in [9.17, 15) is 4.79 Å². The second kappa shape index (κ2) is 4.98. The number of hydrogen-bond donors (Lipinski definition) is 1. The molecule has 0 bridgehead atoms. The monoisotopic (exact) mass is 229 g/mol. The van der Waals surface area contributed by atoms with E-state index in [4.69, 9.17) is 11.0 Å². The summed E-state index contributed by atoms with van der Waals surface area (Å²) in [7, 11) is 0. The number of nitriles is 1. The van der Waals surface area contributed by atoms with Crippen LogP contribution in [0.4, 0.5) is 0 Å². The van der Waals surface area contributed by atoms with Crippen molar-refractivity contribution in [1.29, 1.82) is 5.26 Å². The molecule has 1 heterocycles. The van der Waals surface area contributed by atoms with Gasteiger partial charge >= 0.3 is 0 Å². The molecule has 1 aliphatic rings. The van der Waals surface area contributed by atoms with E-state index in [-0.39, 0.29) is 5.91 Å². The van der Waals surface area contributed by atoms with Crippen LogP contribution in [0.2, 0.25) is 0 Å². The van der Waals surface area contributed by atoms with Crippen molar-refractivity contribution in [1.82, 2.24) is 4.90 Å². The van der Waals surface area contributed by atoms with Crippen LogP contribution in [0.5, 0.6) is 0 Å². The van der Waals surface area contributed by atoms with Crippen LogP contribution in [0.3, 0.4) is 0 Å². The normalized spacial score (nSPS) is 19.1. The maximum Gasteiger partial charge on any atom is 0.253 e. The summed E-state index contributed by atoms with van der Waals surface area (Å²) in [4.78, 5) is 14.0. The number of benzene rings is 1. The topological polar surface area (TPSA) is 70.1 Å². The number of likely N-dealkylation sites (tertiary alicyclic amines) is 1. The summed E-state index contributed by atoms with van der Waals surface area (Å²) in [6, 6.07) is 8.86. The third-order valence-electron chi connectivity index (χ3n) is 3.15. The van der Waals surface area contributed by atoms with Gasteiger partial charge in [0.25, 0.3) is 5.91 Å². The molecule has 1 unspecified atom stereocenters. The molecule has 0 aliphatic carbocycles. The fourth-order valence-electron chi connectivity index (χ4n) is 2.11. The maximum absolute atomic E-state index is 12.2. The predicted octanol–water partition coefficient (Wildman–Crippen LogP) is 0.979. The van der Waals surface area contributed by atoms with Crippen molar-refractivity contribution in [2.24, 2.45) is 11.7 Å². The van der Waals surface area contributed by atoms with Gasteiger partial charge in [-0.1, -0.05) is 6.07 Å².